The molecular formula is C18H19BrO2. The molecule has 2 nitrogen and oxygen atoms in total. The van der Waals surface area contributed by atoms with Crippen molar-refractivity contribution in [3.63, 3.8) is 0 Å². The van der Waals surface area contributed by atoms with E-state index in [0.29, 0.717) is 12.8 Å². The average Bonchev–Trinajstić information content (AvgIpc) is 2.46. The van der Waals surface area contributed by atoms with Crippen molar-refractivity contribution in [1.82, 2.24) is 0 Å². The van der Waals surface area contributed by atoms with E-state index in [9.17, 15) is 5.11 Å². The third-order valence-corrected chi connectivity index (χ3v) is 4.71. The van der Waals surface area contributed by atoms with Crippen LogP contribution in [0.4, 0.5) is 0 Å². The molecule has 2 aromatic rings. The molecule has 2 aromatic carbocycles. The fraction of sp³-hybridized carbons (Fsp3) is 0.333. The number of fused-ring (bicyclic) bond motifs is 1. The Labute approximate surface area is 133 Å². The molecule has 3 rings (SSSR count). The van der Waals surface area contributed by atoms with Crippen molar-refractivity contribution >= 4 is 15.9 Å². The number of hydrogen-bond donors (Lipinski definition) is 1. The normalized spacial score (nSPS) is 20.9. The SMILES string of the molecule is COc1ccc2c(c1)CC(O)(Cc1cccc(Br)c1)CC2. The van der Waals surface area contributed by atoms with E-state index in [0.717, 1.165) is 23.1 Å². The molecule has 0 saturated heterocycles. The topological polar surface area (TPSA) is 29.5 Å². The predicted molar refractivity (Wildman–Crippen MR) is 87.8 cm³/mol. The Bertz CT molecular complexity index is 653. The lowest BCUT2D eigenvalue weighted by molar-refractivity contribution is 0.0267. The van der Waals surface area contributed by atoms with Gasteiger partial charge in [-0.2, -0.15) is 0 Å². The predicted octanol–water partition coefficient (Wildman–Crippen LogP) is 3.92. The minimum absolute atomic E-state index is 0.667. The van der Waals surface area contributed by atoms with Crippen molar-refractivity contribution in [2.75, 3.05) is 7.11 Å². The van der Waals surface area contributed by atoms with Gasteiger partial charge < -0.3 is 9.84 Å². The summed E-state index contributed by atoms with van der Waals surface area (Å²) in [5.74, 6) is 0.862. The second kappa shape index (κ2) is 5.82. The van der Waals surface area contributed by atoms with Gasteiger partial charge in [0.15, 0.2) is 0 Å². The van der Waals surface area contributed by atoms with Gasteiger partial charge >= 0.3 is 0 Å². The lowest BCUT2D eigenvalue weighted by atomic mass is 9.77. The zero-order valence-corrected chi connectivity index (χ0v) is 13.7. The highest BCUT2D eigenvalue weighted by atomic mass is 79.9. The number of benzene rings is 2. The maximum Gasteiger partial charge on any atom is 0.119 e. The Hall–Kier alpha value is -1.32. The minimum Gasteiger partial charge on any atom is -0.497 e. The van der Waals surface area contributed by atoms with E-state index in [-0.39, 0.29) is 0 Å². The number of aliphatic hydroxyl groups is 1. The molecule has 1 N–H and O–H groups in total. The highest BCUT2D eigenvalue weighted by Crippen LogP contribution is 2.33. The van der Waals surface area contributed by atoms with Gasteiger partial charge in [-0.25, -0.2) is 0 Å². The molecule has 0 amide bonds. The van der Waals surface area contributed by atoms with Gasteiger partial charge in [0.05, 0.1) is 12.7 Å². The number of hydrogen-bond acceptors (Lipinski definition) is 2. The highest BCUT2D eigenvalue weighted by Gasteiger charge is 2.32. The zero-order chi connectivity index (χ0) is 14.9. The van der Waals surface area contributed by atoms with Crippen molar-refractivity contribution in [3.05, 3.63) is 63.6 Å². The van der Waals surface area contributed by atoms with Crippen LogP contribution in [0.15, 0.2) is 46.9 Å². The molecule has 1 unspecified atom stereocenters. The van der Waals surface area contributed by atoms with Crippen molar-refractivity contribution in [3.8, 4) is 5.75 Å². The van der Waals surface area contributed by atoms with Gasteiger partial charge in [0.25, 0.3) is 0 Å². The second-order valence-electron chi connectivity index (χ2n) is 5.84. The maximum atomic E-state index is 11.0. The molecule has 0 aromatic heterocycles. The number of aryl methyl sites for hydroxylation is 1. The molecule has 3 heteroatoms. The van der Waals surface area contributed by atoms with E-state index in [2.05, 4.69) is 40.2 Å². The molecule has 0 spiro atoms. The van der Waals surface area contributed by atoms with Gasteiger partial charge in [-0.05, 0) is 53.8 Å². The second-order valence-corrected chi connectivity index (χ2v) is 6.76. The van der Waals surface area contributed by atoms with Gasteiger partial charge in [0.1, 0.15) is 5.75 Å². The number of halogens is 1. The summed E-state index contributed by atoms with van der Waals surface area (Å²) in [4.78, 5) is 0. The fourth-order valence-corrected chi connectivity index (χ4v) is 3.57. The lowest BCUT2D eigenvalue weighted by Crippen LogP contribution is -2.38. The van der Waals surface area contributed by atoms with E-state index in [4.69, 9.17) is 4.74 Å². The molecule has 0 fully saturated rings. The Morgan fingerprint density at radius 2 is 2.05 bits per heavy atom. The van der Waals surface area contributed by atoms with Crippen LogP contribution in [0.5, 0.6) is 5.75 Å². The van der Waals surface area contributed by atoms with Gasteiger partial charge in [-0.15, -0.1) is 0 Å². The molecule has 0 bridgehead atoms. The summed E-state index contributed by atoms with van der Waals surface area (Å²) in [6.07, 6.45) is 3.10. The number of methoxy groups -OCH3 is 1. The van der Waals surface area contributed by atoms with Crippen LogP contribution in [-0.2, 0) is 19.3 Å². The van der Waals surface area contributed by atoms with Crippen LogP contribution >= 0.6 is 15.9 Å². The van der Waals surface area contributed by atoms with Gasteiger partial charge in [0, 0.05) is 17.3 Å². The molecule has 1 atom stereocenters. The molecule has 1 aliphatic carbocycles. The quantitative estimate of drug-likeness (QED) is 0.912. The zero-order valence-electron chi connectivity index (χ0n) is 12.1. The summed E-state index contributed by atoms with van der Waals surface area (Å²) >= 11 is 3.49. The largest absolute Gasteiger partial charge is 0.497 e. The molecule has 0 heterocycles. The Balaban J connectivity index is 1.83. The summed E-state index contributed by atoms with van der Waals surface area (Å²) in [7, 11) is 1.68. The monoisotopic (exact) mass is 346 g/mol. The van der Waals surface area contributed by atoms with Gasteiger partial charge in [0.2, 0.25) is 0 Å². The van der Waals surface area contributed by atoms with Crippen LogP contribution in [0.1, 0.15) is 23.1 Å². The van der Waals surface area contributed by atoms with Crippen molar-refractivity contribution < 1.29 is 9.84 Å². The first kappa shape index (κ1) is 14.6. The third kappa shape index (κ3) is 3.30. The minimum atomic E-state index is -0.667. The van der Waals surface area contributed by atoms with E-state index >= 15 is 0 Å². The summed E-state index contributed by atoms with van der Waals surface area (Å²) in [5.41, 5.74) is 3.03. The van der Waals surface area contributed by atoms with Crippen molar-refractivity contribution in [2.24, 2.45) is 0 Å². The molecule has 0 saturated carbocycles. The van der Waals surface area contributed by atoms with Crippen LogP contribution in [-0.4, -0.2) is 17.8 Å². The van der Waals surface area contributed by atoms with Gasteiger partial charge in [-0.3, -0.25) is 0 Å². The first-order valence-electron chi connectivity index (χ1n) is 7.21. The summed E-state index contributed by atoms with van der Waals surface area (Å²) in [5, 5.41) is 11.0. The first-order chi connectivity index (χ1) is 10.1. The third-order valence-electron chi connectivity index (χ3n) is 4.21. The number of ether oxygens (including phenoxy) is 1. The van der Waals surface area contributed by atoms with Crippen molar-refractivity contribution in [1.29, 1.82) is 0 Å². The van der Waals surface area contributed by atoms with E-state index in [1.807, 2.05) is 18.2 Å². The summed E-state index contributed by atoms with van der Waals surface area (Å²) in [6.45, 7) is 0. The molecule has 21 heavy (non-hydrogen) atoms. The molecule has 110 valence electrons. The Kier molecular flexibility index (Phi) is 4.05. The maximum absolute atomic E-state index is 11.0. The first-order valence-corrected chi connectivity index (χ1v) is 8.00. The smallest absolute Gasteiger partial charge is 0.119 e. The van der Waals surface area contributed by atoms with E-state index in [1.165, 1.54) is 16.7 Å². The Morgan fingerprint density at radius 1 is 1.19 bits per heavy atom. The summed E-state index contributed by atoms with van der Waals surface area (Å²) < 4.78 is 6.35. The van der Waals surface area contributed by atoms with Gasteiger partial charge in [-0.1, -0.05) is 34.1 Å². The Morgan fingerprint density at radius 3 is 2.81 bits per heavy atom. The molecule has 1 aliphatic rings. The van der Waals surface area contributed by atoms with E-state index in [1.54, 1.807) is 7.11 Å². The molecular weight excluding hydrogens is 328 g/mol. The highest BCUT2D eigenvalue weighted by molar-refractivity contribution is 9.10. The van der Waals surface area contributed by atoms with Crippen molar-refractivity contribution in [2.45, 2.75) is 31.3 Å². The standard InChI is InChI=1S/C18H19BrO2/c1-21-17-6-5-14-7-8-18(20,12-15(14)10-17)11-13-3-2-4-16(19)9-13/h2-6,9-10,20H,7-8,11-12H2,1H3. The summed E-state index contributed by atoms with van der Waals surface area (Å²) in [6, 6.07) is 14.4. The molecule has 0 aliphatic heterocycles. The van der Waals surface area contributed by atoms with Crippen LogP contribution in [0.2, 0.25) is 0 Å². The average molecular weight is 347 g/mol. The van der Waals surface area contributed by atoms with Crippen LogP contribution < -0.4 is 4.74 Å². The fourth-order valence-electron chi connectivity index (χ4n) is 3.13. The van der Waals surface area contributed by atoms with Crippen LogP contribution in [0.3, 0.4) is 0 Å². The van der Waals surface area contributed by atoms with Crippen LogP contribution in [0, 0.1) is 0 Å². The lowest BCUT2D eigenvalue weighted by Gasteiger charge is -2.34. The van der Waals surface area contributed by atoms with Crippen LogP contribution in [0.25, 0.3) is 0 Å². The number of rotatable bonds is 3. The van der Waals surface area contributed by atoms with E-state index < -0.39 is 5.60 Å². The molecule has 0 radical (unpaired) electrons.